The van der Waals surface area contributed by atoms with Crippen molar-refractivity contribution >= 4 is 17.6 Å². The first-order valence-corrected chi connectivity index (χ1v) is 12.1. The van der Waals surface area contributed by atoms with Crippen molar-refractivity contribution in [2.24, 2.45) is 5.92 Å². The molecule has 0 bridgehead atoms. The lowest BCUT2D eigenvalue weighted by atomic mass is 9.96. The summed E-state index contributed by atoms with van der Waals surface area (Å²) in [5.41, 5.74) is 4.66. The molecule has 0 spiro atoms. The number of carbonyl (C=O) groups is 2. The van der Waals surface area contributed by atoms with Gasteiger partial charge in [0.05, 0.1) is 6.42 Å². The van der Waals surface area contributed by atoms with Crippen LogP contribution in [0.25, 0.3) is 0 Å². The third-order valence-corrected chi connectivity index (χ3v) is 6.98. The fourth-order valence-electron chi connectivity index (χ4n) is 4.98. The second-order valence-corrected chi connectivity index (χ2v) is 9.49. The standard InChI is InChI=1S/C27H36N4O2/c1-21-6-3-4-8-24(21)13-16-30-15-5-7-23(20-30)19-29(2)26(32)18-22-9-11-25(12-10-22)31-17-14-28-27(31)33/h3-4,6,8-12,23H,5,7,13-20H2,1-2H3,(H,28,33)/t23-/m1/s1. The topological polar surface area (TPSA) is 55.9 Å². The molecular formula is C27H36N4O2. The van der Waals surface area contributed by atoms with Crippen LogP contribution in [0.3, 0.4) is 0 Å². The summed E-state index contributed by atoms with van der Waals surface area (Å²) in [6.07, 6.45) is 3.87. The highest BCUT2D eigenvalue weighted by Gasteiger charge is 2.23. The highest BCUT2D eigenvalue weighted by molar-refractivity contribution is 5.94. The third-order valence-electron chi connectivity index (χ3n) is 6.98. The van der Waals surface area contributed by atoms with Crippen LogP contribution < -0.4 is 10.2 Å². The minimum Gasteiger partial charge on any atom is -0.345 e. The van der Waals surface area contributed by atoms with Crippen molar-refractivity contribution in [3.05, 3.63) is 65.2 Å². The van der Waals surface area contributed by atoms with E-state index in [0.717, 1.165) is 43.9 Å². The molecule has 2 aliphatic rings. The highest BCUT2D eigenvalue weighted by Crippen LogP contribution is 2.20. The summed E-state index contributed by atoms with van der Waals surface area (Å²) in [7, 11) is 1.93. The second kappa shape index (κ2) is 10.8. The average Bonchev–Trinajstić information content (AvgIpc) is 3.25. The van der Waals surface area contributed by atoms with E-state index in [0.29, 0.717) is 25.4 Å². The molecule has 1 N–H and O–H groups in total. The SMILES string of the molecule is Cc1ccccc1CCN1CCC[C@H](CN(C)C(=O)Cc2ccc(N3CCNC3=O)cc2)C1. The van der Waals surface area contributed by atoms with Gasteiger partial charge in [0.15, 0.2) is 0 Å². The van der Waals surface area contributed by atoms with Gasteiger partial charge in [-0.15, -0.1) is 0 Å². The molecule has 0 aliphatic carbocycles. The zero-order valence-electron chi connectivity index (χ0n) is 19.9. The number of rotatable bonds is 8. The zero-order chi connectivity index (χ0) is 23.2. The Balaban J connectivity index is 1.24. The van der Waals surface area contributed by atoms with E-state index >= 15 is 0 Å². The molecule has 6 heteroatoms. The van der Waals surface area contributed by atoms with Crippen molar-refractivity contribution in [1.29, 1.82) is 0 Å². The first kappa shape index (κ1) is 23.3. The molecule has 6 nitrogen and oxygen atoms in total. The Kier molecular flexibility index (Phi) is 7.65. The molecule has 176 valence electrons. The van der Waals surface area contributed by atoms with Crippen LogP contribution in [0, 0.1) is 12.8 Å². The summed E-state index contributed by atoms with van der Waals surface area (Å²) >= 11 is 0. The molecule has 4 rings (SSSR count). The number of nitrogens with zero attached hydrogens (tertiary/aromatic N) is 3. The molecule has 2 aliphatic heterocycles. The van der Waals surface area contributed by atoms with Gasteiger partial charge in [0.25, 0.3) is 0 Å². The van der Waals surface area contributed by atoms with E-state index in [9.17, 15) is 9.59 Å². The lowest BCUT2D eigenvalue weighted by Gasteiger charge is -2.35. The molecule has 2 saturated heterocycles. The summed E-state index contributed by atoms with van der Waals surface area (Å²) in [5.74, 6) is 0.680. The smallest absolute Gasteiger partial charge is 0.321 e. The van der Waals surface area contributed by atoms with E-state index in [1.165, 1.54) is 24.0 Å². The number of carbonyl (C=O) groups excluding carboxylic acids is 2. The van der Waals surface area contributed by atoms with Gasteiger partial charge in [0.2, 0.25) is 5.91 Å². The number of likely N-dealkylation sites (tertiary alicyclic amines) is 1. The normalized spacial score (nSPS) is 18.9. The number of piperidine rings is 1. The quantitative estimate of drug-likeness (QED) is 0.673. The van der Waals surface area contributed by atoms with E-state index in [-0.39, 0.29) is 11.9 Å². The third kappa shape index (κ3) is 6.14. The van der Waals surface area contributed by atoms with Crippen LogP contribution in [-0.4, -0.2) is 68.1 Å². The molecule has 33 heavy (non-hydrogen) atoms. The van der Waals surface area contributed by atoms with Crippen LogP contribution in [0.5, 0.6) is 0 Å². The molecular weight excluding hydrogens is 412 g/mol. The van der Waals surface area contributed by atoms with Gasteiger partial charge in [-0.05, 0) is 67.5 Å². The molecule has 2 fully saturated rings. The van der Waals surface area contributed by atoms with Crippen molar-refractivity contribution in [1.82, 2.24) is 15.1 Å². The van der Waals surface area contributed by atoms with Crippen molar-refractivity contribution in [3.63, 3.8) is 0 Å². The number of nitrogens with one attached hydrogen (secondary N) is 1. The number of amides is 3. The van der Waals surface area contributed by atoms with Gasteiger partial charge in [-0.1, -0.05) is 36.4 Å². The van der Waals surface area contributed by atoms with Gasteiger partial charge < -0.3 is 15.1 Å². The number of benzene rings is 2. The van der Waals surface area contributed by atoms with Gasteiger partial charge >= 0.3 is 6.03 Å². The number of anilines is 1. The Labute approximate surface area is 197 Å². The minimum atomic E-state index is -0.0565. The van der Waals surface area contributed by atoms with Crippen molar-refractivity contribution < 1.29 is 9.59 Å². The summed E-state index contributed by atoms with van der Waals surface area (Å²) < 4.78 is 0. The van der Waals surface area contributed by atoms with E-state index in [1.807, 2.05) is 36.2 Å². The maximum atomic E-state index is 12.8. The predicted octanol–water partition coefficient (Wildman–Crippen LogP) is 3.48. The summed E-state index contributed by atoms with van der Waals surface area (Å²) in [6, 6.07) is 16.4. The van der Waals surface area contributed by atoms with Gasteiger partial charge in [0.1, 0.15) is 0 Å². The first-order chi connectivity index (χ1) is 16.0. The number of hydrogen-bond acceptors (Lipinski definition) is 3. The predicted molar refractivity (Wildman–Crippen MR) is 133 cm³/mol. The van der Waals surface area contributed by atoms with Gasteiger partial charge in [0, 0.05) is 45.5 Å². The van der Waals surface area contributed by atoms with Gasteiger partial charge in [-0.25, -0.2) is 4.79 Å². The van der Waals surface area contributed by atoms with Crippen LogP contribution in [0.4, 0.5) is 10.5 Å². The van der Waals surface area contributed by atoms with E-state index < -0.39 is 0 Å². The fourth-order valence-corrected chi connectivity index (χ4v) is 4.98. The van der Waals surface area contributed by atoms with Crippen LogP contribution in [0.15, 0.2) is 48.5 Å². The van der Waals surface area contributed by atoms with Crippen molar-refractivity contribution in [2.75, 3.05) is 51.2 Å². The Bertz CT molecular complexity index is 959. The lowest BCUT2D eigenvalue weighted by Crippen LogP contribution is -2.42. The van der Waals surface area contributed by atoms with E-state index in [1.54, 1.807) is 4.90 Å². The molecule has 0 saturated carbocycles. The van der Waals surface area contributed by atoms with E-state index in [2.05, 4.69) is 41.4 Å². The molecule has 2 aromatic rings. The number of likely N-dealkylation sites (N-methyl/N-ethyl adjacent to an activating group) is 1. The second-order valence-electron chi connectivity index (χ2n) is 9.49. The van der Waals surface area contributed by atoms with Crippen LogP contribution >= 0.6 is 0 Å². The Morgan fingerprint density at radius 3 is 2.64 bits per heavy atom. The molecule has 0 unspecified atom stereocenters. The molecule has 3 amide bonds. The Morgan fingerprint density at radius 1 is 1.12 bits per heavy atom. The fraction of sp³-hybridized carbons (Fsp3) is 0.481. The average molecular weight is 449 g/mol. The minimum absolute atomic E-state index is 0.0565. The molecule has 2 aromatic carbocycles. The van der Waals surface area contributed by atoms with Crippen LogP contribution in [-0.2, 0) is 17.6 Å². The summed E-state index contributed by atoms with van der Waals surface area (Å²) in [4.78, 5) is 30.9. The molecule has 1 atom stereocenters. The zero-order valence-corrected chi connectivity index (χ0v) is 19.9. The van der Waals surface area contributed by atoms with Crippen LogP contribution in [0.2, 0.25) is 0 Å². The van der Waals surface area contributed by atoms with E-state index in [4.69, 9.17) is 0 Å². The summed E-state index contributed by atoms with van der Waals surface area (Å²) in [5, 5.41) is 2.81. The molecule has 2 heterocycles. The number of hydrogen-bond donors (Lipinski definition) is 1. The maximum absolute atomic E-state index is 12.8. The molecule has 0 aromatic heterocycles. The Morgan fingerprint density at radius 2 is 1.91 bits per heavy atom. The monoisotopic (exact) mass is 448 g/mol. The largest absolute Gasteiger partial charge is 0.345 e. The first-order valence-electron chi connectivity index (χ1n) is 12.1. The number of aryl methyl sites for hydroxylation is 1. The summed E-state index contributed by atoms with van der Waals surface area (Å²) in [6.45, 7) is 7.66. The highest BCUT2D eigenvalue weighted by atomic mass is 16.2. The van der Waals surface area contributed by atoms with Crippen molar-refractivity contribution in [2.45, 2.75) is 32.6 Å². The maximum Gasteiger partial charge on any atom is 0.321 e. The van der Waals surface area contributed by atoms with Crippen LogP contribution in [0.1, 0.15) is 29.5 Å². The molecule has 0 radical (unpaired) electrons. The van der Waals surface area contributed by atoms with Crippen molar-refractivity contribution in [3.8, 4) is 0 Å². The number of urea groups is 1. The lowest BCUT2D eigenvalue weighted by molar-refractivity contribution is -0.130. The van der Waals surface area contributed by atoms with Gasteiger partial charge in [-0.2, -0.15) is 0 Å². The van der Waals surface area contributed by atoms with Gasteiger partial charge in [-0.3, -0.25) is 9.69 Å². The Hall–Kier alpha value is -2.86.